The molecule has 4 N–H and O–H groups in total. The van der Waals surface area contributed by atoms with Crippen LogP contribution in [0.3, 0.4) is 0 Å². The van der Waals surface area contributed by atoms with E-state index in [9.17, 15) is 19.8 Å². The fraction of sp³-hybridized carbons (Fsp3) is 0.405. The van der Waals surface area contributed by atoms with Crippen molar-refractivity contribution in [3.63, 3.8) is 0 Å². The first kappa shape index (κ1) is 33.4. The molecule has 2 unspecified atom stereocenters. The van der Waals surface area contributed by atoms with E-state index in [1.807, 2.05) is 52.0 Å². The van der Waals surface area contributed by atoms with Crippen LogP contribution < -0.4 is 5.32 Å². The molecule has 45 heavy (non-hydrogen) atoms. The first-order valence-corrected chi connectivity index (χ1v) is 15.9. The van der Waals surface area contributed by atoms with Crippen molar-refractivity contribution in [2.24, 2.45) is 5.92 Å². The zero-order valence-electron chi connectivity index (χ0n) is 28.0. The van der Waals surface area contributed by atoms with Crippen molar-refractivity contribution in [2.45, 2.75) is 87.0 Å². The highest BCUT2D eigenvalue weighted by atomic mass is 16.4. The van der Waals surface area contributed by atoms with Crippen LogP contribution in [-0.4, -0.2) is 44.2 Å². The Hall–Kier alpha value is -4.46. The third kappa shape index (κ3) is 6.23. The highest BCUT2D eigenvalue weighted by Gasteiger charge is 2.30. The van der Waals surface area contributed by atoms with Crippen molar-refractivity contribution in [1.82, 2.24) is 15.0 Å². The number of carboxylic acid groups (broad SMARTS) is 2. The molecule has 8 heteroatoms. The maximum Gasteiger partial charge on any atom is 0.311 e. The van der Waals surface area contributed by atoms with E-state index in [1.165, 1.54) is 5.56 Å². The highest BCUT2D eigenvalue weighted by Crippen LogP contribution is 2.39. The van der Waals surface area contributed by atoms with Gasteiger partial charge >= 0.3 is 11.9 Å². The number of allylic oxidation sites excluding steroid dienone is 3. The highest BCUT2D eigenvalue weighted by molar-refractivity contribution is 6.00. The van der Waals surface area contributed by atoms with Crippen molar-refractivity contribution in [2.75, 3.05) is 12.4 Å². The molecule has 2 aliphatic rings. The lowest BCUT2D eigenvalue weighted by atomic mass is 9.89. The second kappa shape index (κ2) is 13.7. The fourth-order valence-electron chi connectivity index (χ4n) is 6.72. The van der Waals surface area contributed by atoms with Gasteiger partial charge in [-0.2, -0.15) is 0 Å². The van der Waals surface area contributed by atoms with Crippen LogP contribution in [0, 0.1) is 19.8 Å². The first-order chi connectivity index (χ1) is 21.4. The fourth-order valence-corrected chi connectivity index (χ4v) is 6.72. The number of hydrogen-bond donors (Lipinski definition) is 4. The second-order valence-corrected chi connectivity index (χ2v) is 11.8. The predicted octanol–water partition coefficient (Wildman–Crippen LogP) is 8.58. The topological polar surface area (TPSA) is 128 Å². The van der Waals surface area contributed by atoms with E-state index in [2.05, 4.69) is 44.1 Å². The van der Waals surface area contributed by atoms with Crippen molar-refractivity contribution in [3.05, 3.63) is 75.4 Å². The van der Waals surface area contributed by atoms with Crippen LogP contribution in [0.25, 0.3) is 33.3 Å². The lowest BCUT2D eigenvalue weighted by Crippen LogP contribution is -2.15. The molecule has 2 atom stereocenters. The van der Waals surface area contributed by atoms with Crippen LogP contribution in [0.15, 0.2) is 30.3 Å². The Labute approximate surface area is 266 Å². The largest absolute Gasteiger partial charge is 0.481 e. The monoisotopic (exact) mass is 610 g/mol. The van der Waals surface area contributed by atoms with E-state index >= 15 is 0 Å². The maximum atomic E-state index is 12.6. The summed E-state index contributed by atoms with van der Waals surface area (Å²) >= 11 is 0. The molecular weight excluding hydrogens is 564 g/mol. The number of nitrogens with zero attached hydrogens (tertiary/aromatic N) is 2. The summed E-state index contributed by atoms with van der Waals surface area (Å²) in [5, 5.41) is 23.8. The Morgan fingerprint density at radius 1 is 0.778 bits per heavy atom. The van der Waals surface area contributed by atoms with Gasteiger partial charge in [0.25, 0.3) is 0 Å². The van der Waals surface area contributed by atoms with Gasteiger partial charge in [-0.3, -0.25) is 9.59 Å². The van der Waals surface area contributed by atoms with Gasteiger partial charge in [0.05, 0.1) is 34.6 Å². The number of hydrogen-bond acceptors (Lipinski definition) is 5. The molecule has 4 heterocycles. The van der Waals surface area contributed by atoms with E-state index in [0.717, 1.165) is 63.1 Å². The van der Waals surface area contributed by atoms with Crippen LogP contribution >= 0.6 is 0 Å². The number of fused-ring (bicyclic) bond motifs is 6. The van der Waals surface area contributed by atoms with Crippen molar-refractivity contribution in [1.29, 1.82) is 0 Å². The lowest BCUT2D eigenvalue weighted by Gasteiger charge is -2.18. The summed E-state index contributed by atoms with van der Waals surface area (Å²) in [7, 11) is 1.76. The van der Waals surface area contributed by atoms with Crippen LogP contribution in [0.4, 0.5) is 5.69 Å². The Morgan fingerprint density at radius 2 is 1.38 bits per heavy atom. The van der Waals surface area contributed by atoms with Crippen molar-refractivity contribution >= 4 is 51.0 Å². The Morgan fingerprint density at radius 3 is 1.93 bits per heavy atom. The molecule has 0 saturated carbocycles. The molecule has 0 aliphatic carbocycles. The van der Waals surface area contributed by atoms with Gasteiger partial charge in [-0.15, -0.1) is 0 Å². The van der Waals surface area contributed by atoms with Crippen molar-refractivity contribution < 1.29 is 19.8 Å². The standard InChI is InChI=1S/C37H46N4O4/c1-10-23-20(6)29-17-31-24(11-2)21(7)28(40-31)16-30-22(8)35(26(13-4)37(44)45)33(41-30)18-32(38-9)34(25(12-3)36(42)43)19(5)14-15-27(23)39-29/h14-18,25-26,38,40H,10-13H2,1-9H3,(H,42,43)(H,44,45). The number of aryl methyl sites for hydroxylation is 3. The number of anilines is 1. The van der Waals surface area contributed by atoms with Gasteiger partial charge in [0.1, 0.15) is 0 Å². The molecule has 6 bridgehead atoms. The van der Waals surface area contributed by atoms with E-state index in [1.54, 1.807) is 7.05 Å². The van der Waals surface area contributed by atoms with Gasteiger partial charge in [0, 0.05) is 23.8 Å². The summed E-state index contributed by atoms with van der Waals surface area (Å²) in [6.45, 7) is 16.0. The molecule has 4 rings (SSSR count). The molecule has 2 aromatic heterocycles. The van der Waals surface area contributed by atoms with E-state index in [0.29, 0.717) is 41.1 Å². The third-order valence-electron chi connectivity index (χ3n) is 9.28. The average Bonchev–Trinajstić information content (AvgIpc) is 3.58. The smallest absolute Gasteiger partial charge is 0.311 e. The Bertz CT molecular complexity index is 1800. The summed E-state index contributed by atoms with van der Waals surface area (Å²) in [6, 6.07) is 9.85. The molecule has 238 valence electrons. The summed E-state index contributed by atoms with van der Waals surface area (Å²) in [6.07, 6.45) is 2.41. The quantitative estimate of drug-likeness (QED) is 0.224. The van der Waals surface area contributed by atoms with Gasteiger partial charge in [0.15, 0.2) is 0 Å². The molecule has 8 nitrogen and oxygen atoms in total. The minimum atomic E-state index is -0.928. The van der Waals surface area contributed by atoms with Crippen LogP contribution in [0.1, 0.15) is 112 Å². The van der Waals surface area contributed by atoms with Crippen LogP contribution in [-0.2, 0) is 16.0 Å². The van der Waals surface area contributed by atoms with Gasteiger partial charge in [-0.25, -0.2) is 9.97 Å². The molecule has 2 aromatic rings. The van der Waals surface area contributed by atoms with E-state index < -0.39 is 23.8 Å². The number of aromatic amines is 1. The Balaban J connectivity index is 2.30. The number of nitrogens with one attached hydrogen (secondary N) is 2. The SMILES string of the molecule is CCC1=C(C)c2cc3[nH]c(cc4nc(cc(NC)c(C(CC)C(=O)O)c(C)ccc1n2)C(C(CC)C(=O)O)=C4C)c(C)c3CC. The van der Waals surface area contributed by atoms with Crippen molar-refractivity contribution in [3.8, 4) is 0 Å². The molecule has 0 radical (unpaired) electrons. The van der Waals surface area contributed by atoms with Gasteiger partial charge < -0.3 is 20.5 Å². The number of rotatable bonds is 9. The average molecular weight is 611 g/mol. The predicted molar refractivity (Wildman–Crippen MR) is 184 cm³/mol. The van der Waals surface area contributed by atoms with E-state index in [4.69, 9.17) is 9.97 Å². The maximum absolute atomic E-state index is 12.6. The summed E-state index contributed by atoms with van der Waals surface area (Å²) in [4.78, 5) is 38.7. The zero-order chi connectivity index (χ0) is 33.2. The number of aliphatic carboxylic acids is 2. The Kier molecular flexibility index (Phi) is 10.2. The molecule has 0 fully saturated rings. The molecule has 0 saturated heterocycles. The minimum Gasteiger partial charge on any atom is -0.481 e. The number of carbonyl (C=O) groups is 2. The molecule has 0 aromatic carbocycles. The summed E-state index contributed by atoms with van der Waals surface area (Å²) in [5.74, 6) is -3.41. The molecule has 0 amide bonds. The van der Waals surface area contributed by atoms with E-state index in [-0.39, 0.29) is 0 Å². The summed E-state index contributed by atoms with van der Waals surface area (Å²) < 4.78 is 0. The summed E-state index contributed by atoms with van der Waals surface area (Å²) in [5.41, 5.74) is 12.9. The van der Waals surface area contributed by atoms with Gasteiger partial charge in [0.2, 0.25) is 0 Å². The van der Waals surface area contributed by atoms with Gasteiger partial charge in [-0.1, -0.05) is 33.8 Å². The van der Waals surface area contributed by atoms with Crippen LogP contribution in [0.5, 0.6) is 0 Å². The molecule has 2 aliphatic heterocycles. The normalized spacial score (nSPS) is 14.2. The molecule has 0 spiro atoms. The first-order valence-electron chi connectivity index (χ1n) is 15.9. The second-order valence-electron chi connectivity index (χ2n) is 11.8. The lowest BCUT2D eigenvalue weighted by molar-refractivity contribution is -0.140. The van der Waals surface area contributed by atoms with Gasteiger partial charge in [-0.05, 0) is 122 Å². The van der Waals surface area contributed by atoms with Crippen LogP contribution in [0.2, 0.25) is 0 Å². The third-order valence-corrected chi connectivity index (χ3v) is 9.28. The zero-order valence-corrected chi connectivity index (χ0v) is 28.0. The number of aromatic nitrogens is 3. The molecular formula is C37H46N4O4. The number of H-pyrrole nitrogens is 1. The minimum absolute atomic E-state index is 0.377. The number of carboxylic acids is 2.